The quantitative estimate of drug-likeness (QED) is 0.853. The van der Waals surface area contributed by atoms with E-state index in [1.807, 2.05) is 18.2 Å². The maximum absolute atomic E-state index is 10.5. The number of benzene rings is 1. The Labute approximate surface area is 100 Å². The second-order valence-corrected chi connectivity index (χ2v) is 3.68. The molecule has 1 N–H and O–H groups in total. The van der Waals surface area contributed by atoms with Crippen molar-refractivity contribution >= 4 is 12.0 Å². The second-order valence-electron chi connectivity index (χ2n) is 3.68. The Hall–Kier alpha value is -1.97. The van der Waals surface area contributed by atoms with Crippen molar-refractivity contribution in [2.24, 2.45) is 0 Å². The fourth-order valence-electron chi connectivity index (χ4n) is 1.52. The Morgan fingerprint density at radius 1 is 1.29 bits per heavy atom. The third-order valence-corrected chi connectivity index (χ3v) is 2.25. The minimum absolute atomic E-state index is 0.0361. The molecule has 0 atom stereocenters. The number of hydrogen-bond donors (Lipinski definition) is 1. The number of carboxylic acid groups (broad SMARTS) is 1. The van der Waals surface area contributed by atoms with E-state index in [1.165, 1.54) is 0 Å². The monoisotopic (exact) mass is 236 g/mol. The highest BCUT2D eigenvalue weighted by Gasteiger charge is 2.04. The van der Waals surface area contributed by atoms with Gasteiger partial charge in [-0.25, -0.2) is 0 Å². The molecule has 17 heavy (non-hydrogen) atoms. The molecule has 0 aliphatic carbocycles. The van der Waals surface area contributed by atoms with Gasteiger partial charge in [0.05, 0.1) is 20.6 Å². The number of hydrogen-bond acceptors (Lipinski definition) is 3. The number of rotatable bonds is 5. The average molecular weight is 236 g/mol. The molecule has 0 aliphatic rings. The fraction of sp³-hybridized carbons (Fsp3) is 0.308. The number of ether oxygens (including phenoxy) is 2. The lowest BCUT2D eigenvalue weighted by atomic mass is 10.1. The maximum atomic E-state index is 10.5. The first-order valence-corrected chi connectivity index (χ1v) is 5.17. The third-order valence-electron chi connectivity index (χ3n) is 2.25. The van der Waals surface area contributed by atoms with Gasteiger partial charge in [-0.1, -0.05) is 17.7 Å². The Kier molecular flexibility index (Phi) is 4.57. The van der Waals surface area contributed by atoms with Crippen LogP contribution in [0.3, 0.4) is 0 Å². The summed E-state index contributed by atoms with van der Waals surface area (Å²) in [6, 6.07) is 5.45. The number of methoxy groups -OCH3 is 2. The molecule has 1 aromatic carbocycles. The van der Waals surface area contributed by atoms with Gasteiger partial charge in [-0.05, 0) is 24.6 Å². The Bertz CT molecular complexity index is 435. The summed E-state index contributed by atoms with van der Waals surface area (Å²) in [6.07, 6.45) is 1.85. The number of carboxylic acids is 1. The first kappa shape index (κ1) is 13.1. The minimum atomic E-state index is -0.834. The molecule has 92 valence electrons. The van der Waals surface area contributed by atoms with Gasteiger partial charge < -0.3 is 14.6 Å². The summed E-state index contributed by atoms with van der Waals surface area (Å²) in [5.41, 5.74) is 1.67. The van der Waals surface area contributed by atoms with E-state index >= 15 is 0 Å². The molecule has 0 bridgehead atoms. The van der Waals surface area contributed by atoms with Crippen LogP contribution in [0, 0.1) is 0 Å². The molecular formula is C13H16O4. The summed E-state index contributed by atoms with van der Waals surface area (Å²) in [7, 11) is 3.14. The molecule has 0 radical (unpaired) electrons. The summed E-state index contributed by atoms with van der Waals surface area (Å²) < 4.78 is 10.3. The predicted molar refractivity (Wildman–Crippen MR) is 65.4 cm³/mol. The maximum Gasteiger partial charge on any atom is 0.307 e. The van der Waals surface area contributed by atoms with Crippen molar-refractivity contribution in [1.82, 2.24) is 0 Å². The second kappa shape index (κ2) is 5.94. The molecule has 0 heterocycles. The van der Waals surface area contributed by atoms with Gasteiger partial charge in [0, 0.05) is 0 Å². The van der Waals surface area contributed by atoms with E-state index in [9.17, 15) is 4.79 Å². The van der Waals surface area contributed by atoms with Crippen LogP contribution in [0.15, 0.2) is 23.8 Å². The van der Waals surface area contributed by atoms with E-state index in [0.29, 0.717) is 11.5 Å². The summed E-state index contributed by atoms with van der Waals surface area (Å²) in [5.74, 6) is 0.448. The van der Waals surface area contributed by atoms with Gasteiger partial charge in [-0.3, -0.25) is 4.79 Å². The molecule has 4 heteroatoms. The molecule has 0 amide bonds. The molecule has 0 aromatic heterocycles. The van der Waals surface area contributed by atoms with Crippen LogP contribution in [0.5, 0.6) is 11.5 Å². The molecule has 0 aliphatic heterocycles. The van der Waals surface area contributed by atoms with Crippen molar-refractivity contribution < 1.29 is 19.4 Å². The van der Waals surface area contributed by atoms with Crippen LogP contribution < -0.4 is 9.47 Å². The van der Waals surface area contributed by atoms with Crippen LogP contribution in [-0.4, -0.2) is 25.3 Å². The van der Waals surface area contributed by atoms with E-state index in [2.05, 4.69) is 0 Å². The van der Waals surface area contributed by atoms with Crippen LogP contribution in [0.1, 0.15) is 18.9 Å². The van der Waals surface area contributed by atoms with Gasteiger partial charge in [0.25, 0.3) is 0 Å². The van der Waals surface area contributed by atoms with Crippen molar-refractivity contribution in [3.8, 4) is 11.5 Å². The van der Waals surface area contributed by atoms with Crippen molar-refractivity contribution in [3.63, 3.8) is 0 Å². The number of aliphatic carboxylic acids is 1. The highest BCUT2D eigenvalue weighted by molar-refractivity contribution is 5.72. The third kappa shape index (κ3) is 3.83. The summed E-state index contributed by atoms with van der Waals surface area (Å²) in [6.45, 7) is 1.78. The zero-order valence-corrected chi connectivity index (χ0v) is 10.2. The lowest BCUT2D eigenvalue weighted by molar-refractivity contribution is -0.136. The number of carbonyl (C=O) groups is 1. The van der Waals surface area contributed by atoms with Crippen LogP contribution in [0.2, 0.25) is 0 Å². The topological polar surface area (TPSA) is 55.8 Å². The normalized spacial score (nSPS) is 11.1. The van der Waals surface area contributed by atoms with Crippen LogP contribution in [0.4, 0.5) is 0 Å². The molecule has 0 saturated carbocycles. The van der Waals surface area contributed by atoms with Crippen molar-refractivity contribution in [3.05, 3.63) is 29.3 Å². The standard InChI is InChI=1S/C13H16O4/c1-9(7-13(14)15)6-10-4-5-11(16-2)12(8-10)17-3/h4-6,8H,7H2,1-3H3,(H,14,15). The summed E-state index contributed by atoms with van der Waals surface area (Å²) in [4.78, 5) is 10.5. The van der Waals surface area contributed by atoms with Crippen LogP contribution in [-0.2, 0) is 4.79 Å². The molecule has 0 unspecified atom stereocenters. The van der Waals surface area contributed by atoms with E-state index in [1.54, 1.807) is 27.2 Å². The van der Waals surface area contributed by atoms with Crippen molar-refractivity contribution in [2.45, 2.75) is 13.3 Å². The van der Waals surface area contributed by atoms with Crippen molar-refractivity contribution in [2.75, 3.05) is 14.2 Å². The summed E-state index contributed by atoms with van der Waals surface area (Å²) in [5, 5.41) is 8.66. The first-order chi connectivity index (χ1) is 8.06. The first-order valence-electron chi connectivity index (χ1n) is 5.17. The lowest BCUT2D eigenvalue weighted by Gasteiger charge is -2.08. The Morgan fingerprint density at radius 2 is 1.94 bits per heavy atom. The highest BCUT2D eigenvalue weighted by Crippen LogP contribution is 2.28. The average Bonchev–Trinajstić information content (AvgIpc) is 2.27. The zero-order valence-electron chi connectivity index (χ0n) is 10.2. The molecule has 0 saturated heterocycles. The lowest BCUT2D eigenvalue weighted by Crippen LogP contribution is -1.95. The smallest absolute Gasteiger partial charge is 0.307 e. The van der Waals surface area contributed by atoms with Gasteiger partial charge >= 0.3 is 5.97 Å². The van der Waals surface area contributed by atoms with Gasteiger partial charge in [-0.2, -0.15) is 0 Å². The van der Waals surface area contributed by atoms with Gasteiger partial charge in [0.1, 0.15) is 0 Å². The Balaban J connectivity index is 2.96. The molecule has 0 spiro atoms. The molecule has 1 rings (SSSR count). The van der Waals surface area contributed by atoms with E-state index in [-0.39, 0.29) is 6.42 Å². The SMILES string of the molecule is COc1ccc(C=C(C)CC(=O)O)cc1OC. The largest absolute Gasteiger partial charge is 0.493 e. The van der Waals surface area contributed by atoms with Crippen LogP contribution in [0.25, 0.3) is 6.08 Å². The predicted octanol–water partition coefficient (Wildman–Crippen LogP) is 2.58. The van der Waals surface area contributed by atoms with E-state index in [4.69, 9.17) is 14.6 Å². The Morgan fingerprint density at radius 3 is 2.47 bits per heavy atom. The molecular weight excluding hydrogens is 220 g/mol. The highest BCUT2D eigenvalue weighted by atomic mass is 16.5. The van der Waals surface area contributed by atoms with Gasteiger partial charge in [0.15, 0.2) is 11.5 Å². The van der Waals surface area contributed by atoms with Gasteiger partial charge in [-0.15, -0.1) is 0 Å². The van der Waals surface area contributed by atoms with E-state index in [0.717, 1.165) is 11.1 Å². The molecule has 1 aromatic rings. The minimum Gasteiger partial charge on any atom is -0.493 e. The zero-order chi connectivity index (χ0) is 12.8. The fourth-order valence-corrected chi connectivity index (χ4v) is 1.52. The summed E-state index contributed by atoms with van der Waals surface area (Å²) >= 11 is 0. The molecule has 4 nitrogen and oxygen atoms in total. The van der Waals surface area contributed by atoms with Crippen molar-refractivity contribution in [1.29, 1.82) is 0 Å². The molecule has 0 fully saturated rings. The van der Waals surface area contributed by atoms with Gasteiger partial charge in [0.2, 0.25) is 0 Å². The van der Waals surface area contributed by atoms with Crippen LogP contribution >= 0.6 is 0 Å². The van der Waals surface area contributed by atoms with E-state index < -0.39 is 5.97 Å².